The highest BCUT2D eigenvalue weighted by atomic mass is 16.6. The molecule has 2 atom stereocenters. The van der Waals surface area contributed by atoms with Crippen LogP contribution in [0.4, 0.5) is 4.79 Å². The monoisotopic (exact) mass is 209 g/mol. The van der Waals surface area contributed by atoms with Crippen LogP contribution in [0.25, 0.3) is 0 Å². The van der Waals surface area contributed by atoms with Crippen LogP contribution >= 0.6 is 0 Å². The van der Waals surface area contributed by atoms with Gasteiger partial charge in [-0.1, -0.05) is 18.9 Å². The molecular weight excluding hydrogens is 194 g/mol. The van der Waals surface area contributed by atoms with E-state index < -0.39 is 6.09 Å². The highest BCUT2D eigenvalue weighted by molar-refractivity contribution is 5.89. The smallest absolute Gasteiger partial charge is 0.376 e. The van der Waals surface area contributed by atoms with E-state index in [1.807, 2.05) is 0 Å². The summed E-state index contributed by atoms with van der Waals surface area (Å²) in [5.41, 5.74) is 0. The van der Waals surface area contributed by atoms with Gasteiger partial charge in [-0.3, -0.25) is 4.79 Å². The molecule has 4 heteroatoms. The van der Waals surface area contributed by atoms with Crippen LogP contribution in [0.15, 0.2) is 12.7 Å². The zero-order valence-corrected chi connectivity index (χ0v) is 8.65. The molecule has 2 unspecified atom stereocenters. The highest BCUT2D eigenvalue weighted by Gasteiger charge is 2.43. The van der Waals surface area contributed by atoms with Gasteiger partial charge in [-0.15, -0.1) is 6.58 Å². The molecule has 0 bridgehead atoms. The minimum absolute atomic E-state index is 0.0329. The lowest BCUT2D eigenvalue weighted by Gasteiger charge is -2.41. The predicted molar refractivity (Wildman–Crippen MR) is 54.1 cm³/mol. The highest BCUT2D eigenvalue weighted by Crippen LogP contribution is 2.32. The van der Waals surface area contributed by atoms with E-state index in [1.165, 1.54) is 0 Å². The van der Waals surface area contributed by atoms with E-state index in [4.69, 9.17) is 4.74 Å². The number of hydrogen-bond donors (Lipinski definition) is 0. The van der Waals surface area contributed by atoms with Crippen molar-refractivity contribution in [2.45, 2.75) is 31.7 Å². The summed E-state index contributed by atoms with van der Waals surface area (Å²) in [6.45, 7) is 4.08. The zero-order valence-electron chi connectivity index (χ0n) is 8.65. The van der Waals surface area contributed by atoms with Crippen molar-refractivity contribution in [1.82, 2.24) is 4.90 Å². The Bertz CT molecular complexity index is 300. The molecule has 1 aliphatic heterocycles. The summed E-state index contributed by atoms with van der Waals surface area (Å²) < 4.78 is 4.72. The Morgan fingerprint density at radius 2 is 2.13 bits per heavy atom. The van der Waals surface area contributed by atoms with Crippen molar-refractivity contribution in [3.05, 3.63) is 12.7 Å². The van der Waals surface area contributed by atoms with Gasteiger partial charge in [-0.05, 0) is 12.8 Å². The summed E-state index contributed by atoms with van der Waals surface area (Å²) in [6.07, 6.45) is 5.02. The van der Waals surface area contributed by atoms with E-state index >= 15 is 0 Å². The Kier molecular flexibility index (Phi) is 2.75. The normalized spacial score (nSPS) is 30.8. The van der Waals surface area contributed by atoms with Gasteiger partial charge in [0, 0.05) is 12.6 Å². The number of carbonyl (C=O) groups excluding carboxylic acids is 2. The van der Waals surface area contributed by atoms with Crippen molar-refractivity contribution in [3.8, 4) is 0 Å². The van der Waals surface area contributed by atoms with Crippen molar-refractivity contribution in [2.75, 3.05) is 6.54 Å². The lowest BCUT2D eigenvalue weighted by molar-refractivity contribution is -0.152. The number of amides is 1. The maximum absolute atomic E-state index is 11.5. The Hall–Kier alpha value is -1.32. The molecule has 0 spiro atoms. The molecule has 0 aromatic heterocycles. The number of cyclic esters (lactones) is 2. The fourth-order valence-corrected chi connectivity index (χ4v) is 2.46. The van der Waals surface area contributed by atoms with Gasteiger partial charge in [0.1, 0.15) is 0 Å². The van der Waals surface area contributed by atoms with Crippen LogP contribution in [0.1, 0.15) is 25.7 Å². The molecule has 1 aliphatic carbocycles. The van der Waals surface area contributed by atoms with Crippen LogP contribution in [0, 0.1) is 5.92 Å². The maximum atomic E-state index is 11.5. The Labute approximate surface area is 88.9 Å². The van der Waals surface area contributed by atoms with Crippen LogP contribution in [0.5, 0.6) is 0 Å². The molecule has 2 aliphatic rings. The molecule has 1 saturated heterocycles. The molecular formula is C11H15NO3. The first-order chi connectivity index (χ1) is 7.24. The Morgan fingerprint density at radius 1 is 1.40 bits per heavy atom. The molecule has 2 fully saturated rings. The van der Waals surface area contributed by atoms with Gasteiger partial charge in [0.05, 0.1) is 5.92 Å². The molecule has 1 heterocycles. The molecule has 15 heavy (non-hydrogen) atoms. The van der Waals surface area contributed by atoms with Crippen molar-refractivity contribution in [2.24, 2.45) is 5.92 Å². The van der Waals surface area contributed by atoms with Crippen LogP contribution in [0.2, 0.25) is 0 Å². The lowest BCUT2D eigenvalue weighted by atomic mass is 9.83. The molecule has 1 saturated carbocycles. The topological polar surface area (TPSA) is 46.6 Å². The number of rotatable bonds is 2. The molecule has 4 nitrogen and oxygen atoms in total. The van der Waals surface area contributed by atoms with Gasteiger partial charge >= 0.3 is 12.1 Å². The quantitative estimate of drug-likeness (QED) is 0.395. The third kappa shape index (κ3) is 1.76. The first kappa shape index (κ1) is 10.2. The number of carbonyl (C=O) groups is 2. The molecule has 1 amide bonds. The molecule has 0 aromatic rings. The molecule has 0 radical (unpaired) electrons. The van der Waals surface area contributed by atoms with E-state index in [0.29, 0.717) is 6.54 Å². The second-order valence-corrected chi connectivity index (χ2v) is 4.09. The summed E-state index contributed by atoms with van der Waals surface area (Å²) in [7, 11) is 0. The van der Waals surface area contributed by atoms with E-state index in [0.717, 1.165) is 25.7 Å². The number of hydrogen-bond acceptors (Lipinski definition) is 3. The number of fused-ring (bicyclic) bond motifs is 1. The van der Waals surface area contributed by atoms with Crippen LogP contribution in [0.3, 0.4) is 0 Å². The van der Waals surface area contributed by atoms with Gasteiger partial charge in [-0.25, -0.2) is 4.79 Å². The van der Waals surface area contributed by atoms with Gasteiger partial charge in [-0.2, -0.15) is 0 Å². The van der Waals surface area contributed by atoms with E-state index in [2.05, 4.69) is 6.58 Å². The summed E-state index contributed by atoms with van der Waals surface area (Å²) >= 11 is 0. The number of ether oxygens (including phenoxy) is 1. The Balaban J connectivity index is 2.19. The number of nitrogens with zero attached hydrogens (tertiary/aromatic N) is 1. The average Bonchev–Trinajstić information content (AvgIpc) is 2.24. The van der Waals surface area contributed by atoms with Crippen LogP contribution < -0.4 is 0 Å². The average molecular weight is 209 g/mol. The molecule has 0 N–H and O–H groups in total. The van der Waals surface area contributed by atoms with E-state index in [1.54, 1.807) is 11.0 Å². The third-order valence-corrected chi connectivity index (χ3v) is 3.18. The van der Waals surface area contributed by atoms with Gasteiger partial charge in [0.15, 0.2) is 0 Å². The largest absolute Gasteiger partial charge is 0.418 e. The summed E-state index contributed by atoms with van der Waals surface area (Å²) in [5.74, 6) is -0.457. The fourth-order valence-electron chi connectivity index (χ4n) is 2.46. The second kappa shape index (κ2) is 4.04. The van der Waals surface area contributed by atoms with E-state index in [-0.39, 0.29) is 17.9 Å². The number of esters is 1. The van der Waals surface area contributed by atoms with Gasteiger partial charge in [0.25, 0.3) is 0 Å². The second-order valence-electron chi connectivity index (χ2n) is 4.09. The minimum Gasteiger partial charge on any atom is -0.376 e. The minimum atomic E-state index is -0.511. The van der Waals surface area contributed by atoms with Crippen LogP contribution in [-0.4, -0.2) is 29.5 Å². The first-order valence-electron chi connectivity index (χ1n) is 5.37. The third-order valence-electron chi connectivity index (χ3n) is 3.18. The van der Waals surface area contributed by atoms with E-state index in [9.17, 15) is 9.59 Å². The molecule has 2 rings (SSSR count). The molecule has 82 valence electrons. The Morgan fingerprint density at radius 3 is 2.87 bits per heavy atom. The van der Waals surface area contributed by atoms with Crippen molar-refractivity contribution in [3.63, 3.8) is 0 Å². The van der Waals surface area contributed by atoms with Crippen molar-refractivity contribution in [1.29, 1.82) is 0 Å². The summed E-state index contributed by atoms with van der Waals surface area (Å²) in [5, 5.41) is 0. The zero-order chi connectivity index (χ0) is 10.8. The fraction of sp³-hybridized carbons (Fsp3) is 0.636. The van der Waals surface area contributed by atoms with Crippen molar-refractivity contribution < 1.29 is 14.3 Å². The standard InChI is InChI=1S/C11H15NO3/c1-2-7-12-9-6-4-3-5-8(9)10(13)15-11(12)14/h2,8-9H,1,3-7H2. The lowest BCUT2D eigenvalue weighted by Crippen LogP contribution is -2.54. The maximum Gasteiger partial charge on any atom is 0.418 e. The SMILES string of the molecule is C=CCN1C(=O)OC(=O)C2CCCCC21. The molecule has 0 aromatic carbocycles. The van der Waals surface area contributed by atoms with Gasteiger partial charge < -0.3 is 9.64 Å². The summed E-state index contributed by atoms with van der Waals surface area (Å²) in [4.78, 5) is 24.6. The van der Waals surface area contributed by atoms with Gasteiger partial charge in [0.2, 0.25) is 0 Å². The predicted octanol–water partition coefficient (Wildman–Crippen LogP) is 1.71. The van der Waals surface area contributed by atoms with Crippen LogP contribution in [-0.2, 0) is 9.53 Å². The first-order valence-corrected chi connectivity index (χ1v) is 5.37. The summed E-state index contributed by atoms with van der Waals surface area (Å²) in [6, 6.07) is 0.0329. The van der Waals surface area contributed by atoms with Crippen molar-refractivity contribution >= 4 is 12.1 Å².